The number of anilines is 1. The Bertz CT molecular complexity index is 986. The average molecular weight is 380 g/mol. The molecule has 6 heteroatoms. The van der Waals surface area contributed by atoms with Crippen LogP contribution < -0.4 is 5.32 Å². The predicted molar refractivity (Wildman–Crippen MR) is 100 cm³/mol. The fraction of sp³-hybridized carbons (Fsp3) is 0.381. The van der Waals surface area contributed by atoms with Gasteiger partial charge in [-0.3, -0.25) is 9.78 Å². The van der Waals surface area contributed by atoms with Crippen LogP contribution in [0.25, 0.3) is 0 Å². The number of nitrogens with one attached hydrogen (secondary N) is 1. The molecule has 0 radical (unpaired) electrons. The third-order valence-corrected chi connectivity index (χ3v) is 6.35. The number of aryl methyl sites for hydroxylation is 1. The molecule has 2 aromatic rings. The van der Waals surface area contributed by atoms with Crippen molar-refractivity contribution in [3.05, 3.63) is 58.4 Å². The monoisotopic (exact) mass is 379 g/mol. The Kier molecular flexibility index (Phi) is 3.75. The third-order valence-electron chi connectivity index (χ3n) is 6.11. The first-order valence-electron chi connectivity index (χ1n) is 9.15. The molecule has 3 fully saturated rings. The largest absolute Gasteiger partial charge is 0.373 e. The maximum Gasteiger partial charge on any atom is 0.230 e. The Morgan fingerprint density at radius 3 is 2.89 bits per heavy atom. The van der Waals surface area contributed by atoms with Gasteiger partial charge in [0.2, 0.25) is 5.91 Å². The quantitative estimate of drug-likeness (QED) is 0.882. The molecule has 5 nitrogen and oxygen atoms in total. The van der Waals surface area contributed by atoms with Gasteiger partial charge in [0, 0.05) is 22.8 Å². The lowest BCUT2D eigenvalue weighted by molar-refractivity contribution is -0.122. The maximum absolute atomic E-state index is 13.2. The molecule has 5 rings (SSSR count). The Hall–Kier alpha value is -2.42. The Morgan fingerprint density at radius 2 is 2.11 bits per heavy atom. The van der Waals surface area contributed by atoms with Gasteiger partial charge in [-0.15, -0.1) is 0 Å². The molecule has 0 spiro atoms. The van der Waals surface area contributed by atoms with Crippen LogP contribution in [0.2, 0.25) is 5.02 Å². The molecule has 2 saturated heterocycles. The first-order chi connectivity index (χ1) is 13.1. The van der Waals surface area contributed by atoms with E-state index < -0.39 is 0 Å². The van der Waals surface area contributed by atoms with Crippen molar-refractivity contribution in [1.82, 2.24) is 4.98 Å². The fourth-order valence-electron chi connectivity index (χ4n) is 4.90. The molecule has 3 aliphatic rings. The normalized spacial score (nSPS) is 32.6. The topological polar surface area (TPSA) is 75.0 Å². The molecule has 1 aromatic heterocycles. The van der Waals surface area contributed by atoms with Crippen molar-refractivity contribution < 1.29 is 9.53 Å². The number of rotatable bonds is 3. The molecule has 1 aliphatic carbocycles. The SMILES string of the molecule is Cc1cc([C@@H]2[C@@H](C(=O)Nc3ccc(Cl)cc3C#N)[C@@H]3O[C@H]2C2C[C@H]23)ccn1. The van der Waals surface area contributed by atoms with Crippen LogP contribution in [0.15, 0.2) is 36.5 Å². The Morgan fingerprint density at radius 1 is 1.30 bits per heavy atom. The number of amides is 1. The maximum atomic E-state index is 13.2. The Balaban J connectivity index is 1.47. The van der Waals surface area contributed by atoms with E-state index in [1.807, 2.05) is 13.0 Å². The summed E-state index contributed by atoms with van der Waals surface area (Å²) < 4.78 is 6.22. The van der Waals surface area contributed by atoms with Gasteiger partial charge in [0.05, 0.1) is 29.4 Å². The molecule has 1 amide bonds. The van der Waals surface area contributed by atoms with Gasteiger partial charge in [-0.1, -0.05) is 11.6 Å². The Labute approximate surface area is 162 Å². The molecular formula is C21H18ClN3O2. The molecule has 1 aromatic carbocycles. The molecular weight excluding hydrogens is 362 g/mol. The highest BCUT2D eigenvalue weighted by Gasteiger charge is 2.68. The minimum Gasteiger partial charge on any atom is -0.373 e. The van der Waals surface area contributed by atoms with Crippen LogP contribution in [0.3, 0.4) is 0 Å². The van der Waals surface area contributed by atoms with Crippen LogP contribution in [0.4, 0.5) is 5.69 Å². The number of nitriles is 1. The van der Waals surface area contributed by atoms with E-state index in [2.05, 4.69) is 22.4 Å². The minimum atomic E-state index is -0.261. The number of halogens is 1. The summed E-state index contributed by atoms with van der Waals surface area (Å²) in [7, 11) is 0. The van der Waals surface area contributed by atoms with Crippen molar-refractivity contribution in [2.45, 2.75) is 31.5 Å². The van der Waals surface area contributed by atoms with Gasteiger partial charge in [-0.2, -0.15) is 5.26 Å². The number of ether oxygens (including phenoxy) is 1. The van der Waals surface area contributed by atoms with Crippen LogP contribution >= 0.6 is 11.6 Å². The number of carbonyl (C=O) groups is 1. The summed E-state index contributed by atoms with van der Waals surface area (Å²) in [5.41, 5.74) is 2.90. The first-order valence-corrected chi connectivity index (χ1v) is 9.53. The van der Waals surface area contributed by atoms with Crippen molar-refractivity contribution in [2.24, 2.45) is 17.8 Å². The van der Waals surface area contributed by atoms with E-state index in [1.54, 1.807) is 24.4 Å². The van der Waals surface area contributed by atoms with Crippen LogP contribution in [-0.2, 0) is 9.53 Å². The van der Waals surface area contributed by atoms with E-state index in [-0.39, 0.29) is 30.0 Å². The van der Waals surface area contributed by atoms with Gasteiger partial charge in [-0.05, 0) is 61.1 Å². The second-order valence-electron chi connectivity index (χ2n) is 7.70. The second-order valence-corrected chi connectivity index (χ2v) is 8.14. The zero-order chi connectivity index (χ0) is 18.7. The lowest BCUT2D eigenvalue weighted by Gasteiger charge is -2.27. The molecule has 27 heavy (non-hydrogen) atoms. The molecule has 1 unspecified atom stereocenters. The molecule has 1 N–H and O–H groups in total. The zero-order valence-electron chi connectivity index (χ0n) is 14.7. The zero-order valence-corrected chi connectivity index (χ0v) is 15.5. The molecule has 3 heterocycles. The van der Waals surface area contributed by atoms with E-state index in [0.29, 0.717) is 28.1 Å². The molecule has 2 bridgehead atoms. The molecule has 136 valence electrons. The van der Waals surface area contributed by atoms with Crippen molar-refractivity contribution in [3.8, 4) is 6.07 Å². The smallest absolute Gasteiger partial charge is 0.230 e. The highest BCUT2D eigenvalue weighted by molar-refractivity contribution is 6.30. The number of pyridine rings is 1. The summed E-state index contributed by atoms with van der Waals surface area (Å²) in [4.78, 5) is 17.5. The first kappa shape index (κ1) is 16.7. The van der Waals surface area contributed by atoms with Crippen molar-refractivity contribution >= 4 is 23.2 Å². The van der Waals surface area contributed by atoms with Gasteiger partial charge in [-0.25, -0.2) is 0 Å². The standard InChI is InChI=1S/C21H18ClN3O2/c1-10-6-11(4-5-24-10)17-18(20-15-8-14(15)19(17)27-20)21(26)25-16-3-2-13(22)7-12(16)9-23/h2-7,14-15,17-20H,8H2,1H3,(H,25,26)/t14?,15-,17-,18-,19+,20-/m1/s1. The van der Waals surface area contributed by atoms with E-state index in [4.69, 9.17) is 16.3 Å². The van der Waals surface area contributed by atoms with Gasteiger partial charge in [0.1, 0.15) is 6.07 Å². The lowest BCUT2D eigenvalue weighted by atomic mass is 9.75. The number of aromatic nitrogens is 1. The van der Waals surface area contributed by atoms with Crippen LogP contribution in [0.5, 0.6) is 0 Å². The van der Waals surface area contributed by atoms with Gasteiger partial charge >= 0.3 is 0 Å². The van der Waals surface area contributed by atoms with E-state index in [9.17, 15) is 10.1 Å². The second kappa shape index (κ2) is 6.05. The summed E-state index contributed by atoms with van der Waals surface area (Å²) in [6, 6.07) is 11.1. The van der Waals surface area contributed by atoms with E-state index in [1.165, 1.54) is 0 Å². The number of fused-ring (bicyclic) bond motifs is 5. The van der Waals surface area contributed by atoms with Gasteiger partial charge in [0.15, 0.2) is 0 Å². The molecule has 2 aliphatic heterocycles. The number of hydrogen-bond donors (Lipinski definition) is 1. The number of benzene rings is 1. The summed E-state index contributed by atoms with van der Waals surface area (Å²) in [6.07, 6.45) is 2.99. The van der Waals surface area contributed by atoms with Crippen molar-refractivity contribution in [3.63, 3.8) is 0 Å². The van der Waals surface area contributed by atoms with Crippen LogP contribution in [-0.4, -0.2) is 23.1 Å². The third kappa shape index (κ3) is 2.63. The summed E-state index contributed by atoms with van der Waals surface area (Å²) in [5.74, 6) is 0.737. The van der Waals surface area contributed by atoms with Crippen molar-refractivity contribution in [1.29, 1.82) is 5.26 Å². The minimum absolute atomic E-state index is 0.0262. The number of nitrogens with zero attached hydrogens (tertiary/aromatic N) is 2. The van der Waals surface area contributed by atoms with Gasteiger partial charge in [0.25, 0.3) is 0 Å². The average Bonchev–Trinajstić information content (AvgIpc) is 3.27. The van der Waals surface area contributed by atoms with Crippen molar-refractivity contribution in [2.75, 3.05) is 5.32 Å². The lowest BCUT2D eigenvalue weighted by Crippen LogP contribution is -2.37. The van der Waals surface area contributed by atoms with E-state index in [0.717, 1.165) is 17.7 Å². The fourth-order valence-corrected chi connectivity index (χ4v) is 5.08. The van der Waals surface area contributed by atoms with Gasteiger partial charge < -0.3 is 10.1 Å². The molecule has 1 saturated carbocycles. The van der Waals surface area contributed by atoms with Crippen LogP contribution in [0.1, 0.15) is 29.2 Å². The summed E-state index contributed by atoms with van der Waals surface area (Å²) in [6.45, 7) is 1.96. The predicted octanol–water partition coefficient (Wildman–Crippen LogP) is 3.67. The molecule has 6 atom stereocenters. The van der Waals surface area contributed by atoms with E-state index >= 15 is 0 Å². The number of hydrogen-bond acceptors (Lipinski definition) is 4. The van der Waals surface area contributed by atoms with Crippen LogP contribution in [0, 0.1) is 36.0 Å². The summed E-state index contributed by atoms with van der Waals surface area (Å²) in [5, 5.41) is 12.8. The summed E-state index contributed by atoms with van der Waals surface area (Å²) >= 11 is 5.96. The highest BCUT2D eigenvalue weighted by atomic mass is 35.5. The highest BCUT2D eigenvalue weighted by Crippen LogP contribution is 2.65. The number of carbonyl (C=O) groups excluding carboxylic acids is 1.